The molecule has 0 aromatic heterocycles. The van der Waals surface area contributed by atoms with Gasteiger partial charge in [0.05, 0.1) is 13.2 Å². The third-order valence-corrected chi connectivity index (χ3v) is 2.26. The first-order valence-corrected chi connectivity index (χ1v) is 6.17. The summed E-state index contributed by atoms with van der Waals surface area (Å²) in [5, 5.41) is 30.9. The van der Waals surface area contributed by atoms with Gasteiger partial charge in [0.2, 0.25) is 0 Å². The van der Waals surface area contributed by atoms with Gasteiger partial charge in [-0.25, -0.2) is 4.79 Å². The number of hydrogen-bond acceptors (Lipinski definition) is 6. The van der Waals surface area contributed by atoms with E-state index in [2.05, 4.69) is 5.32 Å². The highest BCUT2D eigenvalue weighted by molar-refractivity contribution is 6.03. The van der Waals surface area contributed by atoms with E-state index in [4.69, 9.17) is 20.6 Å². The van der Waals surface area contributed by atoms with Crippen molar-refractivity contribution in [1.29, 1.82) is 5.41 Å². The Morgan fingerprint density at radius 2 is 1.71 bits per heavy atom. The number of urea groups is 1. The summed E-state index contributed by atoms with van der Waals surface area (Å²) < 4.78 is 10.5. The molecular formula is C12H18N4O5. The lowest BCUT2D eigenvalue weighted by Crippen LogP contribution is -2.38. The van der Waals surface area contributed by atoms with Gasteiger partial charge in [-0.3, -0.25) is 10.7 Å². The van der Waals surface area contributed by atoms with Gasteiger partial charge in [-0.1, -0.05) is 0 Å². The second-order valence-electron chi connectivity index (χ2n) is 3.81. The Morgan fingerprint density at radius 3 is 2.10 bits per heavy atom. The monoisotopic (exact) mass is 298 g/mol. The number of nitrogens with two attached hydrogens (primary N) is 1. The standard InChI is InChI=1S/C12H18N4O5/c1-3-20-9-6(17)5-7(18)10(21-4-2)8(9)15-12(19)16-11(13)14/h5,17-18H,3-4H2,1-2H3,(H5,13,14,15,16,19). The van der Waals surface area contributed by atoms with Gasteiger partial charge in [-0.2, -0.15) is 0 Å². The molecule has 1 rings (SSSR count). The third kappa shape index (κ3) is 4.06. The minimum absolute atomic E-state index is 0.0579. The van der Waals surface area contributed by atoms with E-state index in [1.807, 2.05) is 5.32 Å². The molecule has 116 valence electrons. The van der Waals surface area contributed by atoms with E-state index < -0.39 is 12.0 Å². The molecule has 9 nitrogen and oxygen atoms in total. The zero-order valence-electron chi connectivity index (χ0n) is 11.7. The molecule has 0 unspecified atom stereocenters. The molecule has 0 saturated heterocycles. The van der Waals surface area contributed by atoms with Gasteiger partial charge in [0, 0.05) is 6.07 Å². The summed E-state index contributed by atoms with van der Waals surface area (Å²) in [6.07, 6.45) is 0. The quantitative estimate of drug-likeness (QED) is 0.351. The second-order valence-corrected chi connectivity index (χ2v) is 3.81. The van der Waals surface area contributed by atoms with E-state index in [-0.39, 0.29) is 41.9 Å². The van der Waals surface area contributed by atoms with Crippen molar-refractivity contribution in [3.8, 4) is 23.0 Å². The van der Waals surface area contributed by atoms with Crippen LogP contribution in [0.1, 0.15) is 13.8 Å². The fraction of sp³-hybridized carbons (Fsp3) is 0.333. The van der Waals surface area contributed by atoms with Crippen LogP contribution >= 0.6 is 0 Å². The number of anilines is 1. The molecule has 2 amide bonds. The molecule has 0 fully saturated rings. The van der Waals surface area contributed by atoms with Gasteiger partial charge in [-0.05, 0) is 13.8 Å². The SMILES string of the molecule is CCOc1c(O)cc(O)c(OCC)c1NC(=O)NC(=N)N. The summed E-state index contributed by atoms with van der Waals surface area (Å²) in [6.45, 7) is 3.80. The smallest absolute Gasteiger partial charge is 0.326 e. The van der Waals surface area contributed by atoms with Gasteiger partial charge in [0.1, 0.15) is 5.69 Å². The van der Waals surface area contributed by atoms with Gasteiger partial charge < -0.3 is 30.7 Å². The number of guanidine groups is 1. The van der Waals surface area contributed by atoms with Crippen molar-refractivity contribution in [2.75, 3.05) is 18.5 Å². The number of benzene rings is 1. The van der Waals surface area contributed by atoms with Crippen LogP contribution in [0.5, 0.6) is 23.0 Å². The number of ether oxygens (including phenoxy) is 2. The lowest BCUT2D eigenvalue weighted by atomic mass is 10.2. The van der Waals surface area contributed by atoms with E-state index in [9.17, 15) is 15.0 Å². The van der Waals surface area contributed by atoms with Crippen LogP contribution in [0.25, 0.3) is 0 Å². The number of aromatic hydroxyl groups is 2. The van der Waals surface area contributed by atoms with Gasteiger partial charge in [0.15, 0.2) is 29.0 Å². The highest BCUT2D eigenvalue weighted by atomic mass is 16.5. The first-order chi connectivity index (χ1) is 9.90. The maximum Gasteiger partial charge on any atom is 0.326 e. The Hall–Kier alpha value is -2.84. The average Bonchev–Trinajstić information content (AvgIpc) is 2.37. The summed E-state index contributed by atoms with van der Waals surface area (Å²) in [4.78, 5) is 11.6. The number of phenolic OH excluding ortho intramolecular Hbond substituents is 2. The fourth-order valence-electron chi connectivity index (χ4n) is 1.58. The van der Waals surface area contributed by atoms with Crippen LogP contribution in [0.15, 0.2) is 6.07 Å². The van der Waals surface area contributed by atoms with Crippen molar-refractivity contribution in [3.63, 3.8) is 0 Å². The lowest BCUT2D eigenvalue weighted by molar-refractivity contribution is 0.255. The maximum absolute atomic E-state index is 11.6. The molecule has 9 heteroatoms. The van der Waals surface area contributed by atoms with Crippen molar-refractivity contribution in [2.45, 2.75) is 13.8 Å². The molecule has 0 bridgehead atoms. The van der Waals surface area contributed by atoms with Gasteiger partial charge >= 0.3 is 6.03 Å². The van der Waals surface area contributed by atoms with E-state index in [1.54, 1.807) is 13.8 Å². The van der Waals surface area contributed by atoms with Crippen LogP contribution < -0.4 is 25.8 Å². The Morgan fingerprint density at radius 1 is 1.24 bits per heavy atom. The number of amides is 2. The molecule has 1 aromatic carbocycles. The molecule has 0 atom stereocenters. The highest BCUT2D eigenvalue weighted by Crippen LogP contribution is 2.47. The van der Waals surface area contributed by atoms with E-state index in [0.717, 1.165) is 6.07 Å². The van der Waals surface area contributed by atoms with E-state index in [1.165, 1.54) is 0 Å². The molecule has 21 heavy (non-hydrogen) atoms. The van der Waals surface area contributed by atoms with Crippen LogP contribution in [0, 0.1) is 5.41 Å². The first-order valence-electron chi connectivity index (χ1n) is 6.17. The normalized spacial score (nSPS) is 9.81. The predicted molar refractivity (Wildman–Crippen MR) is 76.2 cm³/mol. The minimum Gasteiger partial charge on any atom is -0.504 e. The van der Waals surface area contributed by atoms with Gasteiger partial charge in [0.25, 0.3) is 0 Å². The summed E-state index contributed by atoms with van der Waals surface area (Å²) in [6, 6.07) is 0.207. The molecule has 0 aliphatic heterocycles. The van der Waals surface area contributed by atoms with E-state index >= 15 is 0 Å². The highest BCUT2D eigenvalue weighted by Gasteiger charge is 2.22. The average molecular weight is 298 g/mol. The number of phenols is 2. The van der Waals surface area contributed by atoms with E-state index in [0.29, 0.717) is 0 Å². The predicted octanol–water partition coefficient (Wildman–Crippen LogP) is 0.910. The molecule has 0 aliphatic rings. The molecule has 1 aromatic rings. The molecule has 0 radical (unpaired) electrons. The van der Waals surface area contributed by atoms with Crippen molar-refractivity contribution < 1.29 is 24.5 Å². The second kappa shape index (κ2) is 7.08. The van der Waals surface area contributed by atoms with Crippen LogP contribution in [0.3, 0.4) is 0 Å². The van der Waals surface area contributed by atoms with Crippen LogP contribution in [-0.4, -0.2) is 35.4 Å². The zero-order chi connectivity index (χ0) is 16.0. The Kier molecular flexibility index (Phi) is 5.47. The van der Waals surface area contributed by atoms with Gasteiger partial charge in [-0.15, -0.1) is 0 Å². The summed E-state index contributed by atoms with van der Waals surface area (Å²) in [5.41, 5.74) is 4.99. The van der Waals surface area contributed by atoms with Crippen molar-refractivity contribution in [2.24, 2.45) is 5.73 Å². The Balaban J connectivity index is 3.27. The molecular weight excluding hydrogens is 280 g/mol. The van der Waals surface area contributed by atoms with Crippen LogP contribution in [0.4, 0.5) is 10.5 Å². The van der Waals surface area contributed by atoms with Crippen molar-refractivity contribution in [3.05, 3.63) is 6.07 Å². The lowest BCUT2D eigenvalue weighted by Gasteiger charge is -2.18. The third-order valence-electron chi connectivity index (χ3n) is 2.26. The number of carbonyl (C=O) groups excluding carboxylic acids is 1. The molecule has 7 N–H and O–H groups in total. The molecule has 0 saturated carbocycles. The zero-order valence-corrected chi connectivity index (χ0v) is 11.7. The number of nitrogens with one attached hydrogen (secondary N) is 3. The maximum atomic E-state index is 11.6. The Labute approximate surface area is 121 Å². The van der Waals surface area contributed by atoms with Crippen LogP contribution in [-0.2, 0) is 0 Å². The summed E-state index contributed by atoms with van der Waals surface area (Å²) in [5.74, 6) is -1.41. The number of carbonyl (C=O) groups is 1. The minimum atomic E-state index is -0.839. The topological polar surface area (TPSA) is 150 Å². The Bertz CT molecular complexity index is 517. The summed E-state index contributed by atoms with van der Waals surface area (Å²) >= 11 is 0. The first kappa shape index (κ1) is 16.2. The number of rotatable bonds is 5. The molecule has 0 aliphatic carbocycles. The van der Waals surface area contributed by atoms with Crippen molar-refractivity contribution >= 4 is 17.7 Å². The summed E-state index contributed by atoms with van der Waals surface area (Å²) in [7, 11) is 0. The molecule has 0 spiro atoms. The van der Waals surface area contributed by atoms with Crippen molar-refractivity contribution in [1.82, 2.24) is 5.32 Å². The fourth-order valence-corrected chi connectivity index (χ4v) is 1.58. The number of hydrogen-bond donors (Lipinski definition) is 6. The van der Waals surface area contributed by atoms with Crippen LogP contribution in [0.2, 0.25) is 0 Å². The largest absolute Gasteiger partial charge is 0.504 e. The molecule has 0 heterocycles.